The molecule has 1 atom stereocenters. The number of nitrogens with zero attached hydrogens (tertiary/aromatic N) is 4. The number of fused-ring (bicyclic) bond motifs is 1. The molecule has 1 saturated heterocycles. The summed E-state index contributed by atoms with van der Waals surface area (Å²) >= 11 is 0. The first-order valence-electron chi connectivity index (χ1n) is 9.81. The van der Waals surface area contributed by atoms with Crippen LogP contribution in [0.2, 0.25) is 0 Å². The lowest BCUT2D eigenvalue weighted by Crippen LogP contribution is -2.31. The van der Waals surface area contributed by atoms with Crippen LogP contribution in [-0.2, 0) is 24.1 Å². The second-order valence-electron chi connectivity index (χ2n) is 7.73. The van der Waals surface area contributed by atoms with Crippen molar-refractivity contribution < 1.29 is 9.32 Å². The van der Waals surface area contributed by atoms with Crippen LogP contribution in [0.5, 0.6) is 0 Å². The number of amides is 1. The van der Waals surface area contributed by atoms with Crippen molar-refractivity contribution in [2.75, 3.05) is 6.54 Å². The zero-order valence-corrected chi connectivity index (χ0v) is 15.6. The van der Waals surface area contributed by atoms with Gasteiger partial charge in [0.2, 0.25) is 11.8 Å². The molecule has 7 heteroatoms. The van der Waals surface area contributed by atoms with E-state index >= 15 is 0 Å². The number of rotatable bonds is 5. The number of H-pyrrole nitrogens is 1. The summed E-state index contributed by atoms with van der Waals surface area (Å²) in [5, 5.41) is 11.7. The number of aromatic nitrogens is 4. The minimum absolute atomic E-state index is 0.0735. The van der Waals surface area contributed by atoms with Crippen molar-refractivity contribution in [3.63, 3.8) is 0 Å². The molecule has 4 rings (SSSR count). The first-order chi connectivity index (χ1) is 12.6. The van der Waals surface area contributed by atoms with Gasteiger partial charge < -0.3 is 9.42 Å². The van der Waals surface area contributed by atoms with Crippen LogP contribution >= 0.6 is 0 Å². The molecule has 2 aromatic rings. The Morgan fingerprint density at radius 2 is 2.15 bits per heavy atom. The third kappa shape index (κ3) is 3.27. The largest absolute Gasteiger partial charge is 0.337 e. The summed E-state index contributed by atoms with van der Waals surface area (Å²) in [6, 6.07) is -0.0735. The summed E-state index contributed by atoms with van der Waals surface area (Å²) in [6.45, 7) is 4.84. The Morgan fingerprint density at radius 3 is 2.96 bits per heavy atom. The molecule has 2 aromatic heterocycles. The zero-order chi connectivity index (χ0) is 18.1. The lowest BCUT2D eigenvalue weighted by atomic mass is 9.94. The van der Waals surface area contributed by atoms with Crippen LogP contribution in [0.1, 0.15) is 86.6 Å². The van der Waals surface area contributed by atoms with Crippen molar-refractivity contribution in [2.45, 2.75) is 77.2 Å². The maximum Gasteiger partial charge on any atom is 0.249 e. The van der Waals surface area contributed by atoms with Crippen molar-refractivity contribution in [1.82, 2.24) is 25.2 Å². The first kappa shape index (κ1) is 17.2. The van der Waals surface area contributed by atoms with E-state index in [0.29, 0.717) is 24.6 Å². The minimum Gasteiger partial charge on any atom is -0.337 e. The Hall–Kier alpha value is -2.18. The van der Waals surface area contributed by atoms with Gasteiger partial charge >= 0.3 is 0 Å². The highest BCUT2D eigenvalue weighted by Crippen LogP contribution is 2.32. The average Bonchev–Trinajstić information content (AvgIpc) is 3.37. The molecular formula is C19H27N5O2. The lowest BCUT2D eigenvalue weighted by molar-refractivity contribution is -0.132. The van der Waals surface area contributed by atoms with Crippen molar-refractivity contribution in [3.05, 3.63) is 28.7 Å². The molecule has 1 fully saturated rings. The van der Waals surface area contributed by atoms with Crippen LogP contribution < -0.4 is 0 Å². The summed E-state index contributed by atoms with van der Waals surface area (Å²) in [5.74, 6) is 1.67. The molecule has 1 aliphatic heterocycles. The quantitative estimate of drug-likeness (QED) is 0.888. The van der Waals surface area contributed by atoms with E-state index in [-0.39, 0.29) is 17.9 Å². The Kier molecular flexibility index (Phi) is 4.78. The van der Waals surface area contributed by atoms with Gasteiger partial charge in [0, 0.05) is 31.0 Å². The number of hydrogen-bond donors (Lipinski definition) is 1. The highest BCUT2D eigenvalue weighted by atomic mass is 16.5. The van der Waals surface area contributed by atoms with E-state index in [1.165, 1.54) is 24.1 Å². The van der Waals surface area contributed by atoms with E-state index < -0.39 is 0 Å². The third-order valence-corrected chi connectivity index (χ3v) is 5.55. The molecule has 0 aromatic carbocycles. The molecule has 140 valence electrons. The van der Waals surface area contributed by atoms with Crippen LogP contribution in [0, 0.1) is 0 Å². The molecule has 3 heterocycles. The van der Waals surface area contributed by atoms with Gasteiger partial charge in [0.1, 0.15) is 6.04 Å². The SMILES string of the molecule is CC(C)c1noc([C@@H]2CCCN2C(=O)CCc2n[nH]c3c2CCCC3)n1. The predicted molar refractivity (Wildman–Crippen MR) is 95.6 cm³/mol. The monoisotopic (exact) mass is 357 g/mol. The molecule has 1 aliphatic carbocycles. The molecule has 1 N–H and O–H groups in total. The van der Waals surface area contributed by atoms with Gasteiger partial charge in [0.05, 0.1) is 5.69 Å². The Morgan fingerprint density at radius 1 is 1.31 bits per heavy atom. The van der Waals surface area contributed by atoms with Crippen LogP contribution in [0.15, 0.2) is 4.52 Å². The number of aromatic amines is 1. The van der Waals surface area contributed by atoms with E-state index in [0.717, 1.165) is 37.9 Å². The molecule has 0 bridgehead atoms. The minimum atomic E-state index is -0.0735. The van der Waals surface area contributed by atoms with Crippen LogP contribution in [0.25, 0.3) is 0 Å². The van der Waals surface area contributed by atoms with E-state index in [9.17, 15) is 4.79 Å². The fraction of sp³-hybridized carbons (Fsp3) is 0.684. The van der Waals surface area contributed by atoms with Crippen molar-refractivity contribution >= 4 is 5.91 Å². The molecule has 0 spiro atoms. The van der Waals surface area contributed by atoms with Gasteiger partial charge in [-0.3, -0.25) is 9.89 Å². The fourth-order valence-corrected chi connectivity index (χ4v) is 4.06. The topological polar surface area (TPSA) is 87.9 Å². The van der Waals surface area contributed by atoms with E-state index in [4.69, 9.17) is 4.52 Å². The summed E-state index contributed by atoms with van der Waals surface area (Å²) < 4.78 is 5.44. The molecule has 26 heavy (non-hydrogen) atoms. The summed E-state index contributed by atoms with van der Waals surface area (Å²) in [7, 11) is 0. The van der Waals surface area contributed by atoms with Gasteiger partial charge in [-0.05, 0) is 44.1 Å². The second kappa shape index (κ2) is 7.21. The van der Waals surface area contributed by atoms with Crippen molar-refractivity contribution in [1.29, 1.82) is 0 Å². The summed E-state index contributed by atoms with van der Waals surface area (Å²) in [4.78, 5) is 19.2. The maximum absolute atomic E-state index is 12.8. The lowest BCUT2D eigenvalue weighted by Gasteiger charge is -2.22. The zero-order valence-electron chi connectivity index (χ0n) is 15.6. The fourth-order valence-electron chi connectivity index (χ4n) is 4.06. The maximum atomic E-state index is 12.8. The highest BCUT2D eigenvalue weighted by Gasteiger charge is 2.34. The number of carbonyl (C=O) groups excluding carboxylic acids is 1. The Labute approximate surface area is 153 Å². The van der Waals surface area contributed by atoms with Gasteiger partial charge in [-0.25, -0.2) is 0 Å². The normalized spacial score (nSPS) is 20.0. The molecule has 7 nitrogen and oxygen atoms in total. The molecule has 1 amide bonds. The molecule has 2 aliphatic rings. The van der Waals surface area contributed by atoms with Gasteiger partial charge in [-0.15, -0.1) is 0 Å². The molecule has 0 radical (unpaired) electrons. The van der Waals surface area contributed by atoms with Crippen LogP contribution in [0.3, 0.4) is 0 Å². The van der Waals surface area contributed by atoms with E-state index in [2.05, 4.69) is 20.3 Å². The smallest absolute Gasteiger partial charge is 0.249 e. The van der Waals surface area contributed by atoms with E-state index in [1.807, 2.05) is 18.7 Å². The highest BCUT2D eigenvalue weighted by molar-refractivity contribution is 5.77. The van der Waals surface area contributed by atoms with Crippen molar-refractivity contribution in [3.8, 4) is 0 Å². The molecule has 0 saturated carbocycles. The van der Waals surface area contributed by atoms with Gasteiger partial charge in [-0.2, -0.15) is 10.1 Å². The third-order valence-electron chi connectivity index (χ3n) is 5.55. The second-order valence-corrected chi connectivity index (χ2v) is 7.73. The molecular weight excluding hydrogens is 330 g/mol. The first-order valence-corrected chi connectivity index (χ1v) is 9.81. The number of carbonyl (C=O) groups is 1. The van der Waals surface area contributed by atoms with E-state index in [1.54, 1.807) is 0 Å². The Balaban J connectivity index is 1.41. The standard InChI is InChI=1S/C19H27N5O2/c1-12(2)18-20-19(26-23-18)16-8-5-11-24(16)17(25)10-9-15-13-6-3-4-7-14(13)21-22-15/h12,16H,3-11H2,1-2H3,(H,21,22)/t16-/m0/s1. The summed E-state index contributed by atoms with van der Waals surface area (Å²) in [6.07, 6.45) is 7.68. The number of nitrogens with one attached hydrogen (secondary N) is 1. The number of aryl methyl sites for hydroxylation is 2. The summed E-state index contributed by atoms with van der Waals surface area (Å²) in [5.41, 5.74) is 3.69. The van der Waals surface area contributed by atoms with Crippen LogP contribution in [0.4, 0.5) is 0 Å². The average molecular weight is 357 g/mol. The Bertz CT molecular complexity index is 779. The van der Waals surface area contributed by atoms with Gasteiger partial charge in [0.25, 0.3) is 0 Å². The predicted octanol–water partition coefficient (Wildman–Crippen LogP) is 3.09. The van der Waals surface area contributed by atoms with Crippen LogP contribution in [-0.4, -0.2) is 37.7 Å². The number of likely N-dealkylation sites (tertiary alicyclic amines) is 1. The van der Waals surface area contributed by atoms with Crippen molar-refractivity contribution in [2.24, 2.45) is 0 Å². The van der Waals surface area contributed by atoms with Gasteiger partial charge in [0.15, 0.2) is 5.82 Å². The van der Waals surface area contributed by atoms with Gasteiger partial charge in [-0.1, -0.05) is 19.0 Å². The molecule has 0 unspecified atom stereocenters. The number of hydrogen-bond acceptors (Lipinski definition) is 5.